The standard InChI is InChI=1S/C16H24O9/c1-6-2-3-7-8(14(21)22)5-23-15(10(6)7)25-16-13(20)12(19)11(18)9(4-17)24-16/h5-7,9-13,15-20H,2-4H2,1H3,(H,21,22)/t6-,7-,9+,10+,11+,12-,13+,15-,16-/m0/s1. The van der Waals surface area contributed by atoms with Crippen LogP contribution in [0.25, 0.3) is 0 Å². The number of ether oxygens (including phenoxy) is 3. The summed E-state index contributed by atoms with van der Waals surface area (Å²) in [6.45, 7) is 1.42. The smallest absolute Gasteiger partial charge is 0.334 e. The van der Waals surface area contributed by atoms with Crippen LogP contribution >= 0.6 is 0 Å². The van der Waals surface area contributed by atoms with E-state index in [1.165, 1.54) is 0 Å². The highest BCUT2D eigenvalue weighted by atomic mass is 16.8. The van der Waals surface area contributed by atoms with E-state index < -0.39 is 49.6 Å². The Bertz CT molecular complexity index is 534. The predicted octanol–water partition coefficient (Wildman–Crippen LogP) is -1.21. The Morgan fingerprint density at radius 3 is 2.56 bits per heavy atom. The minimum atomic E-state index is -1.54. The molecule has 9 nitrogen and oxygen atoms in total. The molecule has 9 atom stereocenters. The first-order valence-electron chi connectivity index (χ1n) is 8.40. The Balaban J connectivity index is 1.77. The quantitative estimate of drug-likeness (QED) is 0.417. The predicted molar refractivity (Wildman–Crippen MR) is 80.8 cm³/mol. The number of hydrogen-bond donors (Lipinski definition) is 5. The molecule has 2 fully saturated rings. The van der Waals surface area contributed by atoms with Gasteiger partial charge in [-0.2, -0.15) is 0 Å². The number of rotatable bonds is 4. The number of carbonyl (C=O) groups is 1. The number of fused-ring (bicyclic) bond motifs is 1. The fourth-order valence-electron chi connectivity index (χ4n) is 4.01. The van der Waals surface area contributed by atoms with Crippen molar-refractivity contribution in [2.24, 2.45) is 17.8 Å². The summed E-state index contributed by atoms with van der Waals surface area (Å²) in [7, 11) is 0. The van der Waals surface area contributed by atoms with Gasteiger partial charge in [0.1, 0.15) is 24.4 Å². The van der Waals surface area contributed by atoms with Crippen LogP contribution in [0.15, 0.2) is 11.8 Å². The zero-order valence-electron chi connectivity index (χ0n) is 13.8. The van der Waals surface area contributed by atoms with Crippen LogP contribution < -0.4 is 0 Å². The summed E-state index contributed by atoms with van der Waals surface area (Å²) >= 11 is 0. The summed E-state index contributed by atoms with van der Waals surface area (Å²) in [5.41, 5.74) is 0.197. The summed E-state index contributed by atoms with van der Waals surface area (Å²) in [5.74, 6) is -1.35. The van der Waals surface area contributed by atoms with Crippen molar-refractivity contribution in [1.29, 1.82) is 0 Å². The summed E-state index contributed by atoms with van der Waals surface area (Å²) in [6.07, 6.45) is -5.10. The first-order chi connectivity index (χ1) is 11.8. The second-order valence-electron chi connectivity index (χ2n) is 6.95. The normalized spacial score (nSPS) is 46.9. The van der Waals surface area contributed by atoms with Gasteiger partial charge in [0.25, 0.3) is 0 Å². The zero-order chi connectivity index (χ0) is 18.3. The highest BCUT2D eigenvalue weighted by Gasteiger charge is 2.50. The Morgan fingerprint density at radius 2 is 1.92 bits per heavy atom. The van der Waals surface area contributed by atoms with Crippen molar-refractivity contribution in [1.82, 2.24) is 0 Å². The summed E-state index contributed by atoms with van der Waals surface area (Å²) in [4.78, 5) is 11.4. The number of carboxylic acids is 1. The lowest BCUT2D eigenvalue weighted by Crippen LogP contribution is -2.60. The number of hydrogen-bond acceptors (Lipinski definition) is 8. The number of carboxylic acid groups (broad SMARTS) is 1. The Kier molecular flexibility index (Phi) is 5.33. The molecule has 0 aromatic heterocycles. The molecule has 0 spiro atoms. The molecule has 1 saturated heterocycles. The average molecular weight is 360 g/mol. The summed E-state index contributed by atoms with van der Waals surface area (Å²) < 4.78 is 16.5. The second-order valence-corrected chi connectivity index (χ2v) is 6.95. The third kappa shape index (κ3) is 3.27. The van der Waals surface area contributed by atoms with Crippen LogP contribution in [-0.2, 0) is 19.0 Å². The molecule has 0 aromatic carbocycles. The molecular weight excluding hydrogens is 336 g/mol. The Morgan fingerprint density at radius 1 is 1.20 bits per heavy atom. The van der Waals surface area contributed by atoms with Crippen LogP contribution in [0.2, 0.25) is 0 Å². The molecule has 2 aliphatic heterocycles. The molecule has 0 unspecified atom stereocenters. The van der Waals surface area contributed by atoms with Gasteiger partial charge in [0.15, 0.2) is 6.29 Å². The lowest BCUT2D eigenvalue weighted by molar-refractivity contribution is -0.342. The third-order valence-electron chi connectivity index (χ3n) is 5.46. The fourth-order valence-corrected chi connectivity index (χ4v) is 4.01. The van der Waals surface area contributed by atoms with Crippen LogP contribution in [0, 0.1) is 17.8 Å². The van der Waals surface area contributed by atoms with E-state index in [1.54, 1.807) is 0 Å². The molecule has 1 saturated carbocycles. The van der Waals surface area contributed by atoms with E-state index in [2.05, 4.69) is 0 Å². The lowest BCUT2D eigenvalue weighted by atomic mass is 9.83. The maximum absolute atomic E-state index is 11.4. The van der Waals surface area contributed by atoms with Gasteiger partial charge >= 0.3 is 5.97 Å². The largest absolute Gasteiger partial charge is 0.478 e. The van der Waals surface area contributed by atoms with Crippen LogP contribution in [0.3, 0.4) is 0 Å². The fraction of sp³-hybridized carbons (Fsp3) is 0.812. The van der Waals surface area contributed by atoms with Gasteiger partial charge < -0.3 is 39.7 Å². The topological polar surface area (TPSA) is 146 Å². The number of aliphatic hydroxyl groups excluding tert-OH is 4. The molecule has 0 bridgehead atoms. The minimum Gasteiger partial charge on any atom is -0.478 e. The van der Waals surface area contributed by atoms with Crippen LogP contribution in [0.5, 0.6) is 0 Å². The van der Waals surface area contributed by atoms with Gasteiger partial charge in [-0.1, -0.05) is 6.92 Å². The highest BCUT2D eigenvalue weighted by molar-refractivity contribution is 5.87. The van der Waals surface area contributed by atoms with E-state index in [4.69, 9.17) is 14.2 Å². The molecular formula is C16H24O9. The monoisotopic (exact) mass is 360 g/mol. The van der Waals surface area contributed by atoms with Gasteiger partial charge in [0, 0.05) is 11.8 Å². The number of aliphatic carboxylic acids is 1. The van der Waals surface area contributed by atoms with Gasteiger partial charge in [-0.05, 0) is 18.8 Å². The van der Waals surface area contributed by atoms with Crippen molar-refractivity contribution < 1.29 is 44.5 Å². The van der Waals surface area contributed by atoms with Gasteiger partial charge in [-0.3, -0.25) is 0 Å². The average Bonchev–Trinajstić information content (AvgIpc) is 2.97. The SMILES string of the molecule is C[C@H]1CC[C@H]2C(C(=O)O)=CO[C@@H](O[C@@H]3O[C@H](CO)[C@@H](O)[C@H](O)[C@H]3O)[C@H]12. The molecule has 5 N–H and O–H groups in total. The van der Waals surface area contributed by atoms with Crippen LogP contribution in [-0.4, -0.2) is 75.1 Å². The minimum absolute atomic E-state index is 0.142. The maximum Gasteiger partial charge on any atom is 0.334 e. The molecule has 142 valence electrons. The second kappa shape index (κ2) is 7.18. The van der Waals surface area contributed by atoms with E-state index in [0.717, 1.165) is 12.7 Å². The first-order valence-corrected chi connectivity index (χ1v) is 8.40. The van der Waals surface area contributed by atoms with Crippen molar-refractivity contribution in [2.75, 3.05) is 6.61 Å². The Labute approximate surface area is 144 Å². The van der Waals surface area contributed by atoms with Crippen molar-refractivity contribution in [3.8, 4) is 0 Å². The first kappa shape index (κ1) is 18.6. The van der Waals surface area contributed by atoms with Gasteiger partial charge in [-0.15, -0.1) is 0 Å². The van der Waals surface area contributed by atoms with Gasteiger partial charge in [0.2, 0.25) is 6.29 Å². The van der Waals surface area contributed by atoms with Crippen LogP contribution in [0.1, 0.15) is 19.8 Å². The van der Waals surface area contributed by atoms with Crippen molar-refractivity contribution in [3.63, 3.8) is 0 Å². The van der Waals surface area contributed by atoms with E-state index in [0.29, 0.717) is 6.42 Å². The van der Waals surface area contributed by atoms with Crippen molar-refractivity contribution in [3.05, 3.63) is 11.8 Å². The number of aliphatic hydroxyl groups is 4. The molecule has 0 amide bonds. The highest BCUT2D eigenvalue weighted by Crippen LogP contribution is 2.47. The lowest BCUT2D eigenvalue weighted by Gasteiger charge is -2.43. The molecule has 3 aliphatic rings. The Hall–Kier alpha value is -1.23. The van der Waals surface area contributed by atoms with E-state index in [-0.39, 0.29) is 23.3 Å². The van der Waals surface area contributed by atoms with E-state index in [1.807, 2.05) is 6.92 Å². The van der Waals surface area contributed by atoms with Gasteiger partial charge in [-0.25, -0.2) is 4.79 Å². The molecule has 2 heterocycles. The zero-order valence-corrected chi connectivity index (χ0v) is 13.8. The third-order valence-corrected chi connectivity index (χ3v) is 5.46. The molecule has 0 aromatic rings. The van der Waals surface area contributed by atoms with Crippen molar-refractivity contribution >= 4 is 5.97 Å². The van der Waals surface area contributed by atoms with Crippen molar-refractivity contribution in [2.45, 2.75) is 56.8 Å². The summed E-state index contributed by atoms with van der Waals surface area (Å²) in [6, 6.07) is 0. The van der Waals surface area contributed by atoms with Crippen LogP contribution in [0.4, 0.5) is 0 Å². The molecule has 9 heteroatoms. The van der Waals surface area contributed by atoms with E-state index in [9.17, 15) is 30.3 Å². The molecule has 25 heavy (non-hydrogen) atoms. The van der Waals surface area contributed by atoms with Gasteiger partial charge in [0.05, 0.1) is 18.4 Å². The maximum atomic E-state index is 11.4. The van der Waals surface area contributed by atoms with E-state index >= 15 is 0 Å². The molecule has 3 rings (SSSR count). The summed E-state index contributed by atoms with van der Waals surface area (Å²) in [5, 5.41) is 48.3. The molecule has 0 radical (unpaired) electrons. The molecule has 1 aliphatic carbocycles.